The molecule has 11 heteroatoms. The summed E-state index contributed by atoms with van der Waals surface area (Å²) in [5, 5.41) is 13.7. The van der Waals surface area contributed by atoms with E-state index in [0.717, 1.165) is 24.8 Å². The lowest BCUT2D eigenvalue weighted by Gasteiger charge is -2.40. The summed E-state index contributed by atoms with van der Waals surface area (Å²) in [6.45, 7) is 14.0. The highest BCUT2D eigenvalue weighted by atomic mass is 79.9. The van der Waals surface area contributed by atoms with Gasteiger partial charge in [-0.3, -0.25) is 19.2 Å². The van der Waals surface area contributed by atoms with Crippen molar-refractivity contribution in [2.24, 2.45) is 17.8 Å². The summed E-state index contributed by atoms with van der Waals surface area (Å²) >= 11 is 3.75. The summed E-state index contributed by atoms with van der Waals surface area (Å²) in [6, 6.07) is 6.92. The van der Waals surface area contributed by atoms with Crippen LogP contribution in [0.4, 0.5) is 0 Å². The number of fused-ring (bicyclic) bond motifs is 1. The lowest BCUT2D eigenvalue weighted by Crippen LogP contribution is -2.59. The van der Waals surface area contributed by atoms with Crippen LogP contribution in [-0.4, -0.2) is 93.5 Å². The molecular weight excluding hydrogens is 678 g/mol. The van der Waals surface area contributed by atoms with Gasteiger partial charge in [-0.25, -0.2) is 0 Å². The predicted molar refractivity (Wildman–Crippen MR) is 187 cm³/mol. The van der Waals surface area contributed by atoms with E-state index < -0.39 is 53.5 Å². The maximum atomic E-state index is 14.7. The monoisotopic (exact) mass is 729 g/mol. The molecule has 3 saturated heterocycles. The van der Waals surface area contributed by atoms with E-state index in [2.05, 4.69) is 41.3 Å². The van der Waals surface area contributed by atoms with Crippen molar-refractivity contribution in [3.8, 4) is 0 Å². The van der Waals surface area contributed by atoms with Gasteiger partial charge >= 0.3 is 5.97 Å². The molecule has 3 amide bonds. The molecule has 10 nitrogen and oxygen atoms in total. The van der Waals surface area contributed by atoms with E-state index in [4.69, 9.17) is 9.47 Å². The quantitative estimate of drug-likeness (QED) is 0.0915. The number of likely N-dealkylation sites (tertiary alicyclic amines) is 1. The van der Waals surface area contributed by atoms with Gasteiger partial charge in [0.05, 0.1) is 36.6 Å². The first-order valence-corrected chi connectivity index (χ1v) is 18.2. The minimum absolute atomic E-state index is 0.0893. The third-order valence-electron chi connectivity index (χ3n) is 9.79. The fraction of sp³-hybridized carbons (Fsp3) is 0.622. The molecule has 3 fully saturated rings. The second-order valence-electron chi connectivity index (χ2n) is 13.6. The van der Waals surface area contributed by atoms with Crippen LogP contribution in [0.2, 0.25) is 0 Å². The number of alkyl halides is 1. The number of hydrogen-bond acceptors (Lipinski definition) is 7. The van der Waals surface area contributed by atoms with E-state index in [0.29, 0.717) is 32.4 Å². The largest absolute Gasteiger partial charge is 0.463 e. The van der Waals surface area contributed by atoms with Gasteiger partial charge in [-0.2, -0.15) is 0 Å². The van der Waals surface area contributed by atoms with E-state index in [-0.39, 0.29) is 42.2 Å². The Balaban J connectivity index is 1.70. The number of rotatable bonds is 19. The number of aliphatic hydroxyl groups excluding tert-OH is 1. The van der Waals surface area contributed by atoms with Gasteiger partial charge in [0.1, 0.15) is 18.2 Å². The zero-order valence-corrected chi connectivity index (χ0v) is 30.1. The summed E-state index contributed by atoms with van der Waals surface area (Å²) in [5.41, 5.74) is -0.517. The van der Waals surface area contributed by atoms with E-state index >= 15 is 0 Å². The lowest BCUT2D eigenvalue weighted by molar-refractivity contribution is -0.151. The van der Waals surface area contributed by atoms with Crippen LogP contribution in [-0.2, 0) is 28.7 Å². The molecule has 3 aliphatic rings. The Morgan fingerprint density at radius 1 is 1.21 bits per heavy atom. The molecular formula is C37H52BrN3O7. The predicted octanol–water partition coefficient (Wildman–Crippen LogP) is 4.71. The van der Waals surface area contributed by atoms with E-state index in [9.17, 15) is 24.3 Å². The van der Waals surface area contributed by atoms with Crippen molar-refractivity contribution in [1.82, 2.24) is 15.1 Å². The third-order valence-corrected chi connectivity index (χ3v) is 10.6. The number of benzene rings is 1. The minimum Gasteiger partial charge on any atom is -0.463 e. The summed E-state index contributed by atoms with van der Waals surface area (Å²) in [5.74, 6) is -3.13. The SMILES string of the molecule is C=CCCC(=O)OC[C@H](NC(=O)[C@@H]1[C@H]2O[C@@]3(CC2Br)[C@H](C(=O)N(CC=C)CCCCC)N([C@@H](CO)CC(C)C)C(=O)[C@@H]13)c1ccccc1. The molecule has 1 aromatic carbocycles. The zero-order valence-electron chi connectivity index (χ0n) is 28.5. The number of nitrogens with zero attached hydrogens (tertiary/aromatic N) is 2. The van der Waals surface area contributed by atoms with Crippen LogP contribution in [0.25, 0.3) is 0 Å². The molecule has 0 radical (unpaired) electrons. The van der Waals surface area contributed by atoms with Gasteiger partial charge in [0.25, 0.3) is 0 Å². The topological polar surface area (TPSA) is 125 Å². The van der Waals surface area contributed by atoms with Crippen LogP contribution in [0.15, 0.2) is 55.6 Å². The Morgan fingerprint density at radius 2 is 1.94 bits per heavy atom. The Labute approximate surface area is 293 Å². The number of unbranched alkanes of at least 4 members (excludes halogenated alkanes) is 2. The van der Waals surface area contributed by atoms with Crippen molar-refractivity contribution in [1.29, 1.82) is 0 Å². The highest BCUT2D eigenvalue weighted by Crippen LogP contribution is 2.60. The summed E-state index contributed by atoms with van der Waals surface area (Å²) in [4.78, 5) is 59.1. The molecule has 1 aromatic rings. The Bertz CT molecular complexity index is 1310. The molecule has 8 atom stereocenters. The van der Waals surface area contributed by atoms with Crippen molar-refractivity contribution >= 4 is 39.6 Å². The van der Waals surface area contributed by atoms with Crippen LogP contribution in [0, 0.1) is 17.8 Å². The van der Waals surface area contributed by atoms with Crippen molar-refractivity contribution in [3.63, 3.8) is 0 Å². The normalized spacial score (nSPS) is 27.0. The van der Waals surface area contributed by atoms with Gasteiger partial charge in [-0.05, 0) is 37.2 Å². The van der Waals surface area contributed by atoms with Crippen LogP contribution in [0.5, 0.6) is 0 Å². The highest BCUT2D eigenvalue weighted by molar-refractivity contribution is 9.09. The van der Waals surface area contributed by atoms with Crippen molar-refractivity contribution < 1.29 is 33.8 Å². The van der Waals surface area contributed by atoms with Crippen LogP contribution in [0.3, 0.4) is 0 Å². The molecule has 4 rings (SSSR count). The molecule has 0 aliphatic carbocycles. The number of nitrogens with one attached hydrogen (secondary N) is 1. The average Bonchev–Trinajstić information content (AvgIpc) is 3.67. The number of ether oxygens (including phenoxy) is 2. The minimum atomic E-state index is -1.26. The molecule has 1 spiro atoms. The first kappa shape index (κ1) is 37.8. The third kappa shape index (κ3) is 7.89. The van der Waals surface area contributed by atoms with Gasteiger partial charge in [0.2, 0.25) is 17.7 Å². The van der Waals surface area contributed by atoms with Gasteiger partial charge in [-0.15, -0.1) is 13.2 Å². The number of hydrogen-bond donors (Lipinski definition) is 2. The fourth-order valence-corrected chi connectivity index (χ4v) is 8.62. The van der Waals surface area contributed by atoms with Crippen molar-refractivity contribution in [2.45, 2.75) is 100 Å². The number of allylic oxidation sites excluding steroid dienone is 1. The molecule has 264 valence electrons. The maximum absolute atomic E-state index is 14.7. The van der Waals surface area contributed by atoms with Gasteiger partial charge in [0, 0.05) is 24.3 Å². The Morgan fingerprint density at radius 3 is 2.56 bits per heavy atom. The van der Waals surface area contributed by atoms with Gasteiger partial charge in [0.15, 0.2) is 0 Å². The average molecular weight is 731 g/mol. The molecule has 3 aliphatic heterocycles. The first-order valence-electron chi connectivity index (χ1n) is 17.3. The number of esters is 1. The first-order chi connectivity index (χ1) is 23.0. The summed E-state index contributed by atoms with van der Waals surface area (Å²) in [7, 11) is 0. The Hall–Kier alpha value is -3.02. The van der Waals surface area contributed by atoms with E-state index in [1.54, 1.807) is 22.0 Å². The molecule has 2 N–H and O–H groups in total. The molecule has 2 bridgehead atoms. The van der Waals surface area contributed by atoms with E-state index in [1.165, 1.54) is 0 Å². The second-order valence-corrected chi connectivity index (χ2v) is 14.8. The number of amides is 3. The summed E-state index contributed by atoms with van der Waals surface area (Å²) < 4.78 is 12.3. The molecule has 48 heavy (non-hydrogen) atoms. The van der Waals surface area contributed by atoms with Crippen LogP contribution >= 0.6 is 15.9 Å². The number of carbonyl (C=O) groups excluding carboxylic acids is 4. The zero-order chi connectivity index (χ0) is 35.0. The molecule has 0 saturated carbocycles. The number of carbonyl (C=O) groups is 4. The highest BCUT2D eigenvalue weighted by Gasteiger charge is 2.77. The molecule has 0 aromatic heterocycles. The van der Waals surface area contributed by atoms with Crippen molar-refractivity contribution in [2.75, 3.05) is 26.3 Å². The smallest absolute Gasteiger partial charge is 0.306 e. The van der Waals surface area contributed by atoms with E-state index in [1.807, 2.05) is 44.2 Å². The fourth-order valence-electron chi connectivity index (χ4n) is 7.68. The van der Waals surface area contributed by atoms with Gasteiger partial charge in [-0.1, -0.05) is 92.0 Å². The second kappa shape index (κ2) is 17.1. The Kier molecular flexibility index (Phi) is 13.4. The number of halogens is 1. The van der Waals surface area contributed by atoms with Crippen LogP contribution in [0.1, 0.15) is 77.3 Å². The standard InChI is InChI=1S/C37H52BrN3O7/c1-6-9-14-19-40(18-8-3)36(46)33-37-21-27(38)32(48-37)30(31(37)35(45)41(33)26(22-42)20-24(4)5)34(44)39-28(25-15-12-11-13-16-25)23-47-29(43)17-10-7-2/h7-8,11-13,15-16,24,26-28,30-33,42H,2-3,6,9-10,14,17-23H2,1,4-5H3,(H,39,44)/t26-,27?,28+,30+,31-,32+,33+,37-/m1/s1. The lowest BCUT2D eigenvalue weighted by atomic mass is 9.70. The molecule has 1 unspecified atom stereocenters. The number of aliphatic hydroxyl groups is 1. The van der Waals surface area contributed by atoms with Crippen molar-refractivity contribution in [3.05, 3.63) is 61.2 Å². The van der Waals surface area contributed by atoms with Crippen LogP contribution < -0.4 is 5.32 Å². The summed E-state index contributed by atoms with van der Waals surface area (Å²) in [6.07, 6.45) is 6.91. The molecule has 3 heterocycles. The van der Waals surface area contributed by atoms with Gasteiger partial charge < -0.3 is 29.7 Å². The maximum Gasteiger partial charge on any atom is 0.306 e.